The summed E-state index contributed by atoms with van der Waals surface area (Å²) >= 11 is 0. The van der Waals surface area contributed by atoms with Gasteiger partial charge < -0.3 is 14.4 Å². The Bertz CT molecular complexity index is 689. The van der Waals surface area contributed by atoms with Gasteiger partial charge >= 0.3 is 5.97 Å². The van der Waals surface area contributed by atoms with Crippen LogP contribution in [0.1, 0.15) is 24.0 Å². The van der Waals surface area contributed by atoms with Gasteiger partial charge in [0.05, 0.1) is 25.2 Å². The molecular formula is C22H27NO3. The number of hydrogen-bond donors (Lipinski definition) is 0. The zero-order valence-electron chi connectivity index (χ0n) is 15.4. The first-order valence-corrected chi connectivity index (χ1v) is 9.19. The molecule has 0 saturated carbocycles. The Balaban J connectivity index is 1.53. The molecule has 1 aliphatic rings. The van der Waals surface area contributed by atoms with Crippen LogP contribution in [-0.2, 0) is 27.4 Å². The summed E-state index contributed by atoms with van der Waals surface area (Å²) in [5.74, 6) is -0.112. The van der Waals surface area contributed by atoms with Crippen molar-refractivity contribution in [2.45, 2.75) is 26.0 Å². The second kappa shape index (κ2) is 8.97. The Hall–Kier alpha value is -2.17. The number of nitrogens with zero attached hydrogens (tertiary/aromatic N) is 1. The third-order valence-corrected chi connectivity index (χ3v) is 5.00. The van der Waals surface area contributed by atoms with E-state index >= 15 is 0 Å². The van der Waals surface area contributed by atoms with Crippen LogP contribution in [0.5, 0.6) is 0 Å². The van der Waals surface area contributed by atoms with Gasteiger partial charge in [0.2, 0.25) is 0 Å². The van der Waals surface area contributed by atoms with Crippen molar-refractivity contribution in [2.75, 3.05) is 26.8 Å². The fraction of sp³-hybridized carbons (Fsp3) is 0.409. The van der Waals surface area contributed by atoms with E-state index in [9.17, 15) is 4.79 Å². The summed E-state index contributed by atoms with van der Waals surface area (Å²) in [5, 5.41) is 0. The molecule has 1 fully saturated rings. The second-order valence-corrected chi connectivity index (χ2v) is 7.12. The van der Waals surface area contributed by atoms with Crippen LogP contribution in [0.25, 0.3) is 0 Å². The highest BCUT2D eigenvalue weighted by atomic mass is 16.5. The third-order valence-electron chi connectivity index (χ3n) is 5.00. The molecule has 1 heterocycles. The minimum atomic E-state index is -0.514. The summed E-state index contributed by atoms with van der Waals surface area (Å²) in [4.78, 5) is 14.6. The van der Waals surface area contributed by atoms with Crippen LogP contribution < -0.4 is 0 Å². The Morgan fingerprint density at radius 2 is 1.69 bits per heavy atom. The lowest BCUT2D eigenvalue weighted by Gasteiger charge is -2.27. The highest BCUT2D eigenvalue weighted by molar-refractivity contribution is 5.78. The molecule has 0 bridgehead atoms. The molecule has 2 aromatic rings. The van der Waals surface area contributed by atoms with Crippen LogP contribution in [0.3, 0.4) is 0 Å². The summed E-state index contributed by atoms with van der Waals surface area (Å²) in [7, 11) is 2.09. The zero-order valence-corrected chi connectivity index (χ0v) is 15.4. The van der Waals surface area contributed by atoms with E-state index in [4.69, 9.17) is 9.47 Å². The van der Waals surface area contributed by atoms with E-state index in [-0.39, 0.29) is 5.97 Å². The van der Waals surface area contributed by atoms with Crippen molar-refractivity contribution >= 4 is 5.97 Å². The van der Waals surface area contributed by atoms with E-state index < -0.39 is 5.41 Å². The standard InChI is InChI=1S/C22H27NO3/c1-23(16-19-8-4-2-5-9-19)14-12-22(13-15-26-21(22)24)18-25-17-20-10-6-3-7-11-20/h2-11H,12-18H2,1H3. The summed E-state index contributed by atoms with van der Waals surface area (Å²) in [6.45, 7) is 3.14. The van der Waals surface area contributed by atoms with Gasteiger partial charge in [-0.3, -0.25) is 4.79 Å². The van der Waals surface area contributed by atoms with E-state index in [0.29, 0.717) is 19.8 Å². The number of esters is 1. The molecule has 1 saturated heterocycles. The van der Waals surface area contributed by atoms with Crippen molar-refractivity contribution in [1.82, 2.24) is 4.90 Å². The minimum absolute atomic E-state index is 0.112. The van der Waals surface area contributed by atoms with Crippen molar-refractivity contribution < 1.29 is 14.3 Å². The maximum Gasteiger partial charge on any atom is 0.314 e. The maximum atomic E-state index is 12.4. The smallest absolute Gasteiger partial charge is 0.314 e. The Labute approximate surface area is 155 Å². The molecule has 1 aliphatic heterocycles. The molecule has 138 valence electrons. The fourth-order valence-corrected chi connectivity index (χ4v) is 3.34. The number of carbonyl (C=O) groups is 1. The SMILES string of the molecule is CN(CCC1(COCc2ccccc2)CCOC1=O)Cc1ccccc1. The van der Waals surface area contributed by atoms with Gasteiger partial charge in [-0.1, -0.05) is 60.7 Å². The molecule has 0 radical (unpaired) electrons. The van der Waals surface area contributed by atoms with Crippen molar-refractivity contribution in [3.05, 3.63) is 71.8 Å². The van der Waals surface area contributed by atoms with Gasteiger partial charge in [0.15, 0.2) is 0 Å². The molecule has 3 rings (SSSR count). The van der Waals surface area contributed by atoms with Crippen LogP contribution in [0.15, 0.2) is 60.7 Å². The Morgan fingerprint density at radius 3 is 2.31 bits per heavy atom. The monoisotopic (exact) mass is 353 g/mol. The molecule has 0 spiro atoms. The largest absolute Gasteiger partial charge is 0.465 e. The average Bonchev–Trinajstić information content (AvgIpc) is 3.03. The molecular weight excluding hydrogens is 326 g/mol. The van der Waals surface area contributed by atoms with Crippen LogP contribution >= 0.6 is 0 Å². The van der Waals surface area contributed by atoms with Crippen LogP contribution in [-0.4, -0.2) is 37.7 Å². The van der Waals surface area contributed by atoms with E-state index in [1.807, 2.05) is 36.4 Å². The summed E-state index contributed by atoms with van der Waals surface area (Å²) < 4.78 is 11.2. The number of benzene rings is 2. The van der Waals surface area contributed by atoms with Gasteiger partial charge in [-0.2, -0.15) is 0 Å². The van der Waals surface area contributed by atoms with Gasteiger partial charge in [0, 0.05) is 6.54 Å². The first-order valence-electron chi connectivity index (χ1n) is 9.19. The summed E-state index contributed by atoms with van der Waals surface area (Å²) in [5.41, 5.74) is 1.88. The van der Waals surface area contributed by atoms with E-state index in [0.717, 1.165) is 31.5 Å². The van der Waals surface area contributed by atoms with Gasteiger partial charge in [-0.15, -0.1) is 0 Å². The molecule has 0 aromatic heterocycles. The number of rotatable bonds is 9. The molecule has 0 amide bonds. The van der Waals surface area contributed by atoms with Crippen molar-refractivity contribution in [2.24, 2.45) is 5.41 Å². The van der Waals surface area contributed by atoms with Crippen molar-refractivity contribution in [1.29, 1.82) is 0 Å². The lowest BCUT2D eigenvalue weighted by atomic mass is 9.83. The number of carbonyl (C=O) groups excluding carboxylic acids is 1. The lowest BCUT2D eigenvalue weighted by Crippen LogP contribution is -2.36. The molecule has 0 aliphatic carbocycles. The van der Waals surface area contributed by atoms with Crippen molar-refractivity contribution in [3.63, 3.8) is 0 Å². The Morgan fingerprint density at radius 1 is 1.04 bits per heavy atom. The third kappa shape index (κ3) is 4.93. The highest BCUT2D eigenvalue weighted by Crippen LogP contribution is 2.34. The normalized spacial score (nSPS) is 19.7. The van der Waals surface area contributed by atoms with E-state index in [2.05, 4.69) is 36.2 Å². The minimum Gasteiger partial charge on any atom is -0.465 e. The number of ether oxygens (including phenoxy) is 2. The first kappa shape index (κ1) is 18.6. The fourth-order valence-electron chi connectivity index (χ4n) is 3.34. The van der Waals surface area contributed by atoms with E-state index in [1.165, 1.54) is 5.56 Å². The average molecular weight is 353 g/mol. The maximum absolute atomic E-state index is 12.4. The summed E-state index contributed by atoms with van der Waals surface area (Å²) in [6, 6.07) is 20.4. The van der Waals surface area contributed by atoms with E-state index in [1.54, 1.807) is 0 Å². The number of cyclic esters (lactones) is 1. The van der Waals surface area contributed by atoms with Gasteiger partial charge in [-0.25, -0.2) is 0 Å². The Kier molecular flexibility index (Phi) is 6.42. The first-order chi connectivity index (χ1) is 12.7. The van der Waals surface area contributed by atoms with Gasteiger partial charge in [0.1, 0.15) is 0 Å². The molecule has 1 atom stereocenters. The molecule has 4 nitrogen and oxygen atoms in total. The molecule has 0 N–H and O–H groups in total. The van der Waals surface area contributed by atoms with Crippen LogP contribution in [0, 0.1) is 5.41 Å². The van der Waals surface area contributed by atoms with Crippen LogP contribution in [0.2, 0.25) is 0 Å². The predicted molar refractivity (Wildman–Crippen MR) is 102 cm³/mol. The zero-order chi connectivity index (χ0) is 18.2. The summed E-state index contributed by atoms with van der Waals surface area (Å²) in [6.07, 6.45) is 1.49. The lowest BCUT2D eigenvalue weighted by molar-refractivity contribution is -0.150. The van der Waals surface area contributed by atoms with Crippen molar-refractivity contribution in [3.8, 4) is 0 Å². The molecule has 1 unspecified atom stereocenters. The molecule has 4 heteroatoms. The predicted octanol–water partition coefficient (Wildman–Crippen LogP) is 3.66. The van der Waals surface area contributed by atoms with Crippen LogP contribution in [0.4, 0.5) is 0 Å². The number of hydrogen-bond acceptors (Lipinski definition) is 4. The second-order valence-electron chi connectivity index (χ2n) is 7.12. The molecule has 2 aromatic carbocycles. The molecule has 26 heavy (non-hydrogen) atoms. The topological polar surface area (TPSA) is 38.8 Å². The van der Waals surface area contributed by atoms with Gasteiger partial charge in [0.25, 0.3) is 0 Å². The highest BCUT2D eigenvalue weighted by Gasteiger charge is 2.44. The van der Waals surface area contributed by atoms with Gasteiger partial charge in [-0.05, 0) is 37.6 Å². The quantitative estimate of drug-likeness (QED) is 0.645.